The number of hydrogen-bond acceptors (Lipinski definition) is 7. The van der Waals surface area contributed by atoms with E-state index in [4.69, 9.17) is 11.6 Å². The molecule has 0 aromatic carbocycles. The minimum atomic E-state index is -4.59. The Hall–Kier alpha value is -1.25. The second-order valence-corrected chi connectivity index (χ2v) is 11.7. The third kappa shape index (κ3) is 7.24. The molecule has 212 valence electrons. The normalized spacial score (nSPS) is 42.1. The van der Waals surface area contributed by atoms with Crippen LogP contribution in [0.5, 0.6) is 0 Å². The van der Waals surface area contributed by atoms with E-state index in [2.05, 4.69) is 31.9 Å². The number of hydrogen-bond donors (Lipinski definition) is 6. The lowest BCUT2D eigenvalue weighted by atomic mass is 9.81. The van der Waals surface area contributed by atoms with E-state index < -0.39 is 42.5 Å². The molecule has 4 rings (SSSR count). The van der Waals surface area contributed by atoms with Gasteiger partial charge in [-0.1, -0.05) is 6.92 Å². The zero-order chi connectivity index (χ0) is 26.9. The van der Waals surface area contributed by atoms with Crippen molar-refractivity contribution in [3.8, 4) is 0 Å². The van der Waals surface area contributed by atoms with E-state index in [9.17, 15) is 27.5 Å². The van der Waals surface area contributed by atoms with Gasteiger partial charge in [0.1, 0.15) is 18.4 Å². The van der Waals surface area contributed by atoms with Gasteiger partial charge in [-0.05, 0) is 50.4 Å². The number of rotatable bonds is 4. The summed E-state index contributed by atoms with van der Waals surface area (Å²) in [6.07, 6.45) is -3.12. The molecule has 4 aliphatic rings. The summed E-state index contributed by atoms with van der Waals surface area (Å²) in [4.78, 5) is 17.7. The Labute approximate surface area is 219 Å². The number of aliphatic hydroxyl groups excluding tert-OH is 1. The summed E-state index contributed by atoms with van der Waals surface area (Å²) in [5.41, 5.74) is 8.53. The summed E-state index contributed by atoms with van der Waals surface area (Å²) in [5, 5.41) is 16.9. The molecule has 4 fully saturated rings. The van der Waals surface area contributed by atoms with E-state index in [0.29, 0.717) is 19.3 Å². The zero-order valence-corrected chi connectivity index (χ0v) is 21.8. The van der Waals surface area contributed by atoms with Crippen LogP contribution in [0.2, 0.25) is 0 Å². The molecule has 2 saturated heterocycles. The highest BCUT2D eigenvalue weighted by Crippen LogP contribution is 2.33. The molecule has 0 aromatic heterocycles. The lowest BCUT2D eigenvalue weighted by molar-refractivity contribution is -0.168. The molecule has 9 nitrogen and oxygen atoms in total. The number of amides is 1. The molecule has 10 unspecified atom stereocenters. The van der Waals surface area contributed by atoms with Crippen LogP contribution in [0.1, 0.15) is 51.9 Å². The van der Waals surface area contributed by atoms with Crippen molar-refractivity contribution in [2.45, 2.75) is 100.0 Å². The molecule has 14 heteroatoms. The van der Waals surface area contributed by atoms with Gasteiger partial charge in [0, 0.05) is 37.5 Å². The van der Waals surface area contributed by atoms with E-state index >= 15 is 0 Å². The number of halogens is 5. The Morgan fingerprint density at radius 2 is 1.89 bits per heavy atom. The van der Waals surface area contributed by atoms with Crippen LogP contribution in [0.25, 0.3) is 0 Å². The molecule has 2 aliphatic heterocycles. The minimum Gasteiger partial charge on any atom is -0.390 e. The summed E-state index contributed by atoms with van der Waals surface area (Å²) < 4.78 is 54.7. The lowest BCUT2D eigenvalue weighted by Crippen LogP contribution is -2.54. The molecule has 37 heavy (non-hydrogen) atoms. The minimum absolute atomic E-state index is 0.0174. The predicted octanol–water partition coefficient (Wildman–Crippen LogP) is 1.53. The van der Waals surface area contributed by atoms with Crippen LogP contribution in [0.15, 0.2) is 4.99 Å². The number of aliphatic imine (C=N–C) groups is 1. The van der Waals surface area contributed by atoms with Crippen molar-refractivity contribution >= 4 is 23.5 Å². The van der Waals surface area contributed by atoms with E-state index in [-0.39, 0.29) is 48.2 Å². The zero-order valence-electron chi connectivity index (χ0n) is 21.1. The fraction of sp³-hybridized carbons (Fsp3) is 0.913. The van der Waals surface area contributed by atoms with Crippen LogP contribution < -0.4 is 26.9 Å². The first-order valence-corrected chi connectivity index (χ1v) is 13.5. The largest absolute Gasteiger partial charge is 0.405 e. The quantitative estimate of drug-likeness (QED) is 0.135. The average molecular weight is 556 g/mol. The number of nitrogens with one attached hydrogen (secondary N) is 5. The molecule has 0 spiro atoms. The number of aliphatic hydroxyl groups is 1. The van der Waals surface area contributed by atoms with Gasteiger partial charge in [-0.2, -0.15) is 13.2 Å². The molecule has 0 aromatic rings. The van der Waals surface area contributed by atoms with Crippen LogP contribution in [0.3, 0.4) is 0 Å². The smallest absolute Gasteiger partial charge is 0.390 e. The van der Waals surface area contributed by atoms with Gasteiger partial charge in [0.05, 0.1) is 12.0 Å². The molecule has 2 saturated carbocycles. The lowest BCUT2D eigenvalue weighted by Gasteiger charge is -2.33. The van der Waals surface area contributed by atoms with E-state index in [1.165, 1.54) is 12.1 Å². The van der Waals surface area contributed by atoms with E-state index in [1.807, 2.05) is 6.92 Å². The second-order valence-electron chi connectivity index (χ2n) is 11.0. The summed E-state index contributed by atoms with van der Waals surface area (Å²) >= 11 is 6.30. The number of nitrogens with zero attached hydrogens (tertiary/aromatic N) is 2. The Morgan fingerprint density at radius 3 is 2.57 bits per heavy atom. The van der Waals surface area contributed by atoms with E-state index in [1.54, 1.807) is 0 Å². The summed E-state index contributed by atoms with van der Waals surface area (Å²) in [6, 6.07) is -2.12. The van der Waals surface area contributed by atoms with Crippen LogP contribution in [0.4, 0.5) is 17.6 Å². The standard InChI is InChI=1S/C23H38ClF4N7O2/c1-11-7-13(24)4-5-16(11)29-22(31-21(37)14-10-35(2)34-20(14)23(26,27)28)30-19-9-17(32-33-19)12-3-6-18(36)15(25)8-12/h11-20,32-34,36H,3-10H2,1-2H3,(H2,29,30,31,37). The van der Waals surface area contributed by atoms with E-state index in [0.717, 1.165) is 19.3 Å². The fourth-order valence-electron chi connectivity index (χ4n) is 5.96. The van der Waals surface area contributed by atoms with Gasteiger partial charge in [0.15, 0.2) is 5.96 Å². The number of alkyl halides is 5. The van der Waals surface area contributed by atoms with Crippen molar-refractivity contribution < 1.29 is 27.5 Å². The summed E-state index contributed by atoms with van der Waals surface area (Å²) in [5.74, 6) is -1.80. The molecule has 10 atom stereocenters. The first-order chi connectivity index (χ1) is 17.4. The maximum absolute atomic E-state index is 14.1. The van der Waals surface area contributed by atoms with Crippen molar-refractivity contribution in [2.24, 2.45) is 22.7 Å². The molecule has 2 aliphatic carbocycles. The van der Waals surface area contributed by atoms with Gasteiger partial charge in [-0.25, -0.2) is 25.2 Å². The predicted molar refractivity (Wildman–Crippen MR) is 131 cm³/mol. The molecule has 0 bridgehead atoms. The van der Waals surface area contributed by atoms with Gasteiger partial charge in [0.25, 0.3) is 0 Å². The van der Waals surface area contributed by atoms with Crippen LogP contribution in [-0.2, 0) is 4.79 Å². The highest BCUT2D eigenvalue weighted by Gasteiger charge is 2.52. The molecular formula is C23H38ClF4N7O2. The van der Waals surface area contributed by atoms with Gasteiger partial charge in [-0.3, -0.25) is 15.5 Å². The monoisotopic (exact) mass is 555 g/mol. The number of carbonyl (C=O) groups is 1. The van der Waals surface area contributed by atoms with Crippen molar-refractivity contribution in [1.82, 2.24) is 31.9 Å². The number of guanidine groups is 1. The molecular weight excluding hydrogens is 518 g/mol. The van der Waals surface area contributed by atoms with Crippen molar-refractivity contribution in [1.29, 1.82) is 0 Å². The first-order valence-electron chi connectivity index (χ1n) is 13.1. The number of carbonyl (C=O) groups excluding carboxylic acids is 1. The summed E-state index contributed by atoms with van der Waals surface area (Å²) in [6.45, 7) is 1.94. The van der Waals surface area contributed by atoms with Crippen LogP contribution in [0, 0.1) is 17.8 Å². The Balaban J connectivity index is 1.46. The van der Waals surface area contributed by atoms with Crippen molar-refractivity contribution in [3.63, 3.8) is 0 Å². The second kappa shape index (κ2) is 11.9. The van der Waals surface area contributed by atoms with Gasteiger partial charge >= 0.3 is 6.18 Å². The highest BCUT2D eigenvalue weighted by molar-refractivity contribution is 6.20. The van der Waals surface area contributed by atoms with Gasteiger partial charge < -0.3 is 10.4 Å². The third-order valence-corrected chi connectivity index (χ3v) is 8.53. The third-order valence-electron chi connectivity index (χ3n) is 8.14. The highest BCUT2D eigenvalue weighted by atomic mass is 35.5. The molecule has 1 amide bonds. The van der Waals surface area contributed by atoms with Gasteiger partial charge in [0.2, 0.25) is 5.91 Å². The van der Waals surface area contributed by atoms with Gasteiger partial charge in [-0.15, -0.1) is 11.6 Å². The van der Waals surface area contributed by atoms with Crippen LogP contribution >= 0.6 is 11.6 Å². The topological polar surface area (TPSA) is 113 Å². The maximum Gasteiger partial charge on any atom is 0.405 e. The molecule has 2 heterocycles. The molecule has 0 radical (unpaired) electrons. The molecule has 6 N–H and O–H groups in total. The Bertz CT molecular complexity index is 837. The van der Waals surface area contributed by atoms with Crippen molar-refractivity contribution in [3.05, 3.63) is 0 Å². The number of hydrazine groups is 2. The Kier molecular flexibility index (Phi) is 9.22. The fourth-order valence-corrected chi connectivity index (χ4v) is 6.37. The van der Waals surface area contributed by atoms with Crippen molar-refractivity contribution in [2.75, 3.05) is 13.6 Å². The maximum atomic E-state index is 14.1. The first kappa shape index (κ1) is 28.8. The summed E-state index contributed by atoms with van der Waals surface area (Å²) in [7, 11) is 1.46. The SMILES string of the molecule is CC1CC(Cl)CCC1N/C(=N/C1CC(C2CCC(O)C(F)C2)NN1)NC(=O)C1CN(C)NC1C(F)(F)F. The van der Waals surface area contributed by atoms with Crippen LogP contribution in [-0.4, -0.2) is 83.7 Å². The average Bonchev–Trinajstić information content (AvgIpc) is 3.44. The Morgan fingerprint density at radius 1 is 1.14 bits per heavy atom.